The lowest BCUT2D eigenvalue weighted by molar-refractivity contribution is 0.178. The molecule has 0 radical (unpaired) electrons. The summed E-state index contributed by atoms with van der Waals surface area (Å²) in [4.78, 5) is 0. The van der Waals surface area contributed by atoms with E-state index < -0.39 is 0 Å². The van der Waals surface area contributed by atoms with E-state index in [0.717, 1.165) is 48.4 Å². The fourth-order valence-electron chi connectivity index (χ4n) is 5.21. The van der Waals surface area contributed by atoms with Crippen molar-refractivity contribution < 1.29 is 9.47 Å². The molecule has 0 bridgehead atoms. The van der Waals surface area contributed by atoms with Crippen molar-refractivity contribution in [2.24, 2.45) is 23.7 Å². The number of benzene rings is 1. The minimum atomic E-state index is 0.742. The Morgan fingerprint density at radius 3 is 1.83 bits per heavy atom. The van der Waals surface area contributed by atoms with Gasteiger partial charge in [-0.2, -0.15) is 0 Å². The van der Waals surface area contributed by atoms with Gasteiger partial charge < -0.3 is 9.47 Å². The van der Waals surface area contributed by atoms with Crippen molar-refractivity contribution in [3.8, 4) is 11.5 Å². The van der Waals surface area contributed by atoms with Crippen LogP contribution in [0, 0.1) is 23.7 Å². The third-order valence-electron chi connectivity index (χ3n) is 7.40. The Morgan fingerprint density at radius 2 is 1.21 bits per heavy atom. The van der Waals surface area contributed by atoms with Crippen molar-refractivity contribution in [2.45, 2.75) is 97.3 Å². The van der Waals surface area contributed by atoms with E-state index in [-0.39, 0.29) is 0 Å². The molecule has 0 aromatic heterocycles. The van der Waals surface area contributed by atoms with Crippen LogP contribution < -0.4 is 9.47 Å². The van der Waals surface area contributed by atoms with E-state index in [9.17, 15) is 0 Å². The summed E-state index contributed by atoms with van der Waals surface area (Å²) in [5.74, 6) is 5.57. The highest BCUT2D eigenvalue weighted by atomic mass is 16.5. The maximum atomic E-state index is 6.07. The van der Waals surface area contributed by atoms with Crippen LogP contribution in [0.5, 0.6) is 11.5 Å². The van der Waals surface area contributed by atoms with Crippen molar-refractivity contribution in [2.75, 3.05) is 13.2 Å². The monoisotopic (exact) mass is 400 g/mol. The third-order valence-corrected chi connectivity index (χ3v) is 7.40. The second-order valence-electron chi connectivity index (χ2n) is 9.93. The predicted molar refractivity (Wildman–Crippen MR) is 123 cm³/mol. The zero-order chi connectivity index (χ0) is 20.3. The van der Waals surface area contributed by atoms with Gasteiger partial charge in [0.1, 0.15) is 11.5 Å². The molecule has 3 rings (SSSR count). The van der Waals surface area contributed by atoms with Crippen LogP contribution in [0.2, 0.25) is 0 Å². The Labute approximate surface area is 179 Å². The maximum absolute atomic E-state index is 6.07. The molecule has 0 unspecified atom stereocenters. The van der Waals surface area contributed by atoms with Gasteiger partial charge >= 0.3 is 0 Å². The lowest BCUT2D eigenvalue weighted by Crippen LogP contribution is -2.20. The molecule has 0 N–H and O–H groups in total. The van der Waals surface area contributed by atoms with Crippen molar-refractivity contribution in [3.05, 3.63) is 24.3 Å². The molecular formula is C27H44O2. The van der Waals surface area contributed by atoms with E-state index in [1.54, 1.807) is 0 Å². The van der Waals surface area contributed by atoms with Crippen LogP contribution in [0.15, 0.2) is 24.3 Å². The summed E-state index contributed by atoms with van der Waals surface area (Å²) in [6, 6.07) is 8.29. The molecule has 0 saturated heterocycles. The Balaban J connectivity index is 1.26. The van der Waals surface area contributed by atoms with E-state index >= 15 is 0 Å². The molecule has 2 nitrogen and oxygen atoms in total. The second kappa shape index (κ2) is 12.5. The van der Waals surface area contributed by atoms with Gasteiger partial charge in [0.2, 0.25) is 0 Å². The van der Waals surface area contributed by atoms with Crippen LogP contribution in [0.3, 0.4) is 0 Å². The van der Waals surface area contributed by atoms with Crippen molar-refractivity contribution in [1.29, 1.82) is 0 Å². The van der Waals surface area contributed by atoms with Crippen LogP contribution in [0.25, 0.3) is 0 Å². The molecule has 2 heteroatoms. The SMILES string of the molecule is CCCCC1CCC(COc2ccc(OCCCC3CCC(C)CC3)cc2)CC1. The smallest absolute Gasteiger partial charge is 0.119 e. The molecule has 2 saturated carbocycles. The normalized spacial score (nSPS) is 27.5. The molecular weight excluding hydrogens is 356 g/mol. The highest BCUT2D eigenvalue weighted by molar-refractivity contribution is 5.31. The van der Waals surface area contributed by atoms with Gasteiger partial charge in [0.25, 0.3) is 0 Å². The number of hydrogen-bond donors (Lipinski definition) is 0. The number of unbranched alkanes of at least 4 members (excludes halogenated alkanes) is 1. The molecule has 1 aromatic rings. The molecule has 0 spiro atoms. The summed E-state index contributed by atoms with van der Waals surface area (Å²) in [6.45, 7) is 6.41. The molecule has 2 aliphatic carbocycles. The Morgan fingerprint density at radius 1 is 0.690 bits per heavy atom. The predicted octanol–water partition coefficient (Wildman–Crippen LogP) is 8.05. The average molecular weight is 401 g/mol. The van der Waals surface area contributed by atoms with Gasteiger partial charge in [-0.25, -0.2) is 0 Å². The second-order valence-corrected chi connectivity index (χ2v) is 9.93. The largest absolute Gasteiger partial charge is 0.494 e. The average Bonchev–Trinajstić information content (AvgIpc) is 2.76. The number of rotatable bonds is 11. The van der Waals surface area contributed by atoms with E-state index in [0.29, 0.717) is 0 Å². The highest BCUT2D eigenvalue weighted by Gasteiger charge is 2.21. The summed E-state index contributed by atoms with van der Waals surface area (Å²) in [5, 5.41) is 0. The maximum Gasteiger partial charge on any atom is 0.119 e. The fourth-order valence-corrected chi connectivity index (χ4v) is 5.21. The van der Waals surface area contributed by atoms with Gasteiger partial charge in [0, 0.05) is 0 Å². The van der Waals surface area contributed by atoms with Crippen molar-refractivity contribution >= 4 is 0 Å². The highest BCUT2D eigenvalue weighted by Crippen LogP contribution is 2.33. The van der Waals surface area contributed by atoms with Gasteiger partial charge in [-0.3, -0.25) is 0 Å². The van der Waals surface area contributed by atoms with Crippen molar-refractivity contribution in [3.63, 3.8) is 0 Å². The van der Waals surface area contributed by atoms with Crippen molar-refractivity contribution in [1.82, 2.24) is 0 Å². The molecule has 0 heterocycles. The molecule has 2 aliphatic rings. The number of ether oxygens (including phenoxy) is 2. The summed E-state index contributed by atoms with van der Waals surface area (Å²) < 4.78 is 12.0. The zero-order valence-corrected chi connectivity index (χ0v) is 19.0. The van der Waals surface area contributed by atoms with Gasteiger partial charge in [0.15, 0.2) is 0 Å². The van der Waals surface area contributed by atoms with E-state index in [2.05, 4.69) is 38.1 Å². The van der Waals surface area contributed by atoms with Crippen LogP contribution in [-0.4, -0.2) is 13.2 Å². The standard InChI is InChI=1S/C27H44O2/c1-3-4-6-23-12-14-25(15-13-23)21-29-27-18-16-26(17-19-27)28-20-5-7-24-10-8-22(2)9-11-24/h16-19,22-25H,3-15,20-21H2,1-2H3. The quantitative estimate of drug-likeness (QED) is 0.350. The first kappa shape index (κ1) is 22.5. The van der Waals surface area contributed by atoms with E-state index in [4.69, 9.17) is 9.47 Å². The Hall–Kier alpha value is -1.18. The van der Waals surface area contributed by atoms with Gasteiger partial charge in [-0.1, -0.05) is 71.6 Å². The van der Waals surface area contributed by atoms with Crippen LogP contribution in [-0.2, 0) is 0 Å². The lowest BCUT2D eigenvalue weighted by atomic mass is 9.80. The van der Waals surface area contributed by atoms with E-state index in [1.807, 2.05) is 0 Å². The van der Waals surface area contributed by atoms with Crippen LogP contribution in [0.1, 0.15) is 97.3 Å². The first-order valence-corrected chi connectivity index (χ1v) is 12.6. The van der Waals surface area contributed by atoms with E-state index in [1.165, 1.54) is 83.5 Å². The fraction of sp³-hybridized carbons (Fsp3) is 0.778. The molecule has 1 aromatic carbocycles. The summed E-state index contributed by atoms with van der Waals surface area (Å²) in [5.41, 5.74) is 0. The van der Waals surface area contributed by atoms with Crippen LogP contribution >= 0.6 is 0 Å². The lowest BCUT2D eigenvalue weighted by Gasteiger charge is -2.28. The molecule has 0 atom stereocenters. The Kier molecular flexibility index (Phi) is 9.70. The topological polar surface area (TPSA) is 18.5 Å². The zero-order valence-electron chi connectivity index (χ0n) is 19.0. The summed E-state index contributed by atoms with van der Waals surface area (Å²) >= 11 is 0. The molecule has 2 fully saturated rings. The number of hydrogen-bond acceptors (Lipinski definition) is 2. The summed E-state index contributed by atoms with van der Waals surface area (Å²) in [7, 11) is 0. The molecule has 0 aliphatic heterocycles. The first-order chi connectivity index (χ1) is 14.2. The van der Waals surface area contributed by atoms with Gasteiger partial charge in [-0.05, 0) is 73.6 Å². The molecule has 164 valence electrons. The summed E-state index contributed by atoms with van der Waals surface area (Å²) in [6.07, 6.45) is 17.9. The molecule has 0 amide bonds. The molecule has 29 heavy (non-hydrogen) atoms. The minimum Gasteiger partial charge on any atom is -0.494 e. The third kappa shape index (κ3) is 8.22. The Bertz CT molecular complexity index is 536. The van der Waals surface area contributed by atoms with Crippen LogP contribution in [0.4, 0.5) is 0 Å². The van der Waals surface area contributed by atoms with Gasteiger partial charge in [0.05, 0.1) is 13.2 Å². The first-order valence-electron chi connectivity index (χ1n) is 12.6. The minimum absolute atomic E-state index is 0.742. The van der Waals surface area contributed by atoms with Gasteiger partial charge in [-0.15, -0.1) is 0 Å².